The topological polar surface area (TPSA) is 111 Å². The van der Waals surface area contributed by atoms with Gasteiger partial charge in [0, 0.05) is 23.7 Å². The first kappa shape index (κ1) is 21.5. The zero-order valence-corrected chi connectivity index (χ0v) is 17.6. The molecule has 0 fully saturated rings. The predicted molar refractivity (Wildman–Crippen MR) is 124 cm³/mol. The minimum absolute atomic E-state index is 0.113. The molecule has 0 radical (unpaired) electrons. The minimum atomic E-state index is -0.507. The fraction of sp³-hybridized carbons (Fsp3) is 0.0400. The van der Waals surface area contributed by atoms with E-state index >= 15 is 0 Å². The number of amidine groups is 1. The van der Waals surface area contributed by atoms with Gasteiger partial charge in [-0.1, -0.05) is 42.5 Å². The highest BCUT2D eigenvalue weighted by Gasteiger charge is 2.33. The summed E-state index contributed by atoms with van der Waals surface area (Å²) in [5.41, 5.74) is 4.96. The molecule has 33 heavy (non-hydrogen) atoms. The normalized spacial score (nSPS) is 14.2. The van der Waals surface area contributed by atoms with Crippen LogP contribution in [0.5, 0.6) is 5.75 Å². The van der Waals surface area contributed by atoms with Crippen molar-refractivity contribution in [1.82, 2.24) is 10.4 Å². The molecular weight excluding hydrogens is 420 g/mol. The molecule has 3 amide bonds. The van der Waals surface area contributed by atoms with Crippen molar-refractivity contribution >= 4 is 35.3 Å². The van der Waals surface area contributed by atoms with Gasteiger partial charge in [0.2, 0.25) is 5.91 Å². The molecular formula is C25H20N4O4. The number of carbonyl (C=O) groups excluding carboxylic acids is 3. The lowest BCUT2D eigenvalue weighted by atomic mass is 10.2. The monoisotopic (exact) mass is 440 g/mol. The number of hydrogen-bond donors (Lipinski definition) is 3. The molecule has 0 spiro atoms. The van der Waals surface area contributed by atoms with Gasteiger partial charge in [-0.05, 0) is 48.0 Å². The molecule has 1 heterocycles. The van der Waals surface area contributed by atoms with Crippen LogP contribution in [-0.2, 0) is 9.59 Å². The Morgan fingerprint density at radius 2 is 1.61 bits per heavy atom. The Bertz CT molecular complexity index is 1260. The van der Waals surface area contributed by atoms with Crippen LogP contribution in [0.4, 0.5) is 5.69 Å². The number of carbonyl (C=O) groups is 3. The van der Waals surface area contributed by atoms with E-state index < -0.39 is 11.8 Å². The van der Waals surface area contributed by atoms with Crippen molar-refractivity contribution in [3.05, 3.63) is 101 Å². The van der Waals surface area contributed by atoms with E-state index in [1.54, 1.807) is 54.6 Å². The zero-order chi connectivity index (χ0) is 23.4. The van der Waals surface area contributed by atoms with E-state index in [1.165, 1.54) is 19.1 Å². The zero-order valence-electron chi connectivity index (χ0n) is 17.6. The molecule has 1 aliphatic heterocycles. The number of anilines is 1. The summed E-state index contributed by atoms with van der Waals surface area (Å²) >= 11 is 0. The quantitative estimate of drug-likeness (QED) is 0.529. The van der Waals surface area contributed by atoms with Gasteiger partial charge in [-0.2, -0.15) is 5.01 Å². The summed E-state index contributed by atoms with van der Waals surface area (Å²) in [4.78, 5) is 41.6. The van der Waals surface area contributed by atoms with Crippen LogP contribution in [0.15, 0.2) is 89.6 Å². The number of phenolic OH excluding ortho intramolecular Hbond substituents is 1. The Labute approximate surface area is 189 Å². The molecule has 3 aromatic carbocycles. The number of hydrogen-bond acceptors (Lipinski definition) is 5. The molecule has 4 rings (SSSR count). The third-order valence-electron chi connectivity index (χ3n) is 4.77. The molecule has 0 atom stereocenters. The summed E-state index contributed by atoms with van der Waals surface area (Å²) in [7, 11) is 0. The highest BCUT2D eigenvalue weighted by atomic mass is 16.3. The lowest BCUT2D eigenvalue weighted by Crippen LogP contribution is -2.47. The molecule has 0 saturated carbocycles. The van der Waals surface area contributed by atoms with Crippen LogP contribution >= 0.6 is 0 Å². The van der Waals surface area contributed by atoms with Gasteiger partial charge in [0.05, 0.1) is 0 Å². The summed E-state index contributed by atoms with van der Waals surface area (Å²) in [6.45, 7) is 1.40. The summed E-state index contributed by atoms with van der Waals surface area (Å²) < 4.78 is 0. The number of benzene rings is 3. The second-order valence-electron chi connectivity index (χ2n) is 7.26. The number of amides is 3. The van der Waals surface area contributed by atoms with Crippen LogP contribution in [0.25, 0.3) is 6.08 Å². The van der Waals surface area contributed by atoms with E-state index in [-0.39, 0.29) is 23.2 Å². The number of hydrazine groups is 1. The van der Waals surface area contributed by atoms with Crippen LogP contribution in [0.2, 0.25) is 0 Å². The lowest BCUT2D eigenvalue weighted by Gasteiger charge is -2.19. The van der Waals surface area contributed by atoms with Crippen molar-refractivity contribution in [2.75, 3.05) is 5.32 Å². The summed E-state index contributed by atoms with van der Waals surface area (Å²) in [5.74, 6) is -0.820. The number of phenols is 1. The summed E-state index contributed by atoms with van der Waals surface area (Å²) in [6.07, 6.45) is 1.58. The van der Waals surface area contributed by atoms with Crippen molar-refractivity contribution in [2.45, 2.75) is 6.92 Å². The molecule has 8 nitrogen and oxygen atoms in total. The molecule has 8 heteroatoms. The molecule has 164 valence electrons. The smallest absolute Gasteiger partial charge is 0.297 e. The maximum absolute atomic E-state index is 13.1. The van der Waals surface area contributed by atoms with Gasteiger partial charge in [0.1, 0.15) is 11.4 Å². The number of rotatable bonds is 5. The molecule has 0 aliphatic carbocycles. The molecule has 0 unspecified atom stereocenters. The van der Waals surface area contributed by atoms with Crippen LogP contribution < -0.4 is 10.7 Å². The van der Waals surface area contributed by atoms with E-state index in [4.69, 9.17) is 0 Å². The van der Waals surface area contributed by atoms with Crippen LogP contribution in [0.3, 0.4) is 0 Å². The molecule has 3 aromatic rings. The van der Waals surface area contributed by atoms with Crippen LogP contribution in [0.1, 0.15) is 28.4 Å². The Morgan fingerprint density at radius 3 is 2.24 bits per heavy atom. The first-order valence-electron chi connectivity index (χ1n) is 10.1. The standard InChI is InChI=1S/C25H20N4O4/c1-16(30)26-20-11-9-19(10-12-20)24(32)28-29-23(18-5-3-2-4-6-18)27-22(25(29)33)15-17-7-13-21(31)14-8-17/h2-15,31H,1H3,(H,26,30)(H,28,32)/b22-15-. The highest BCUT2D eigenvalue weighted by Crippen LogP contribution is 2.22. The average molecular weight is 440 g/mol. The third kappa shape index (κ3) is 4.96. The number of aromatic hydroxyl groups is 1. The highest BCUT2D eigenvalue weighted by molar-refractivity contribution is 6.20. The van der Waals surface area contributed by atoms with E-state index in [2.05, 4.69) is 15.7 Å². The summed E-state index contributed by atoms with van der Waals surface area (Å²) in [6, 6.07) is 21.7. The number of aliphatic imine (C=N–C) groups is 1. The van der Waals surface area contributed by atoms with Gasteiger partial charge in [0.25, 0.3) is 11.8 Å². The van der Waals surface area contributed by atoms with E-state index in [0.29, 0.717) is 22.4 Å². The number of nitrogens with zero attached hydrogens (tertiary/aromatic N) is 2. The maximum Gasteiger partial charge on any atom is 0.297 e. The Hall–Kier alpha value is -4.72. The second kappa shape index (κ2) is 9.19. The Balaban J connectivity index is 1.62. The Kier molecular flexibility index (Phi) is 5.99. The average Bonchev–Trinajstić information content (AvgIpc) is 3.11. The van der Waals surface area contributed by atoms with E-state index in [9.17, 15) is 19.5 Å². The molecule has 0 aromatic heterocycles. The van der Waals surface area contributed by atoms with Crippen LogP contribution in [-0.4, -0.2) is 33.7 Å². The van der Waals surface area contributed by atoms with E-state index in [0.717, 1.165) is 5.01 Å². The van der Waals surface area contributed by atoms with Gasteiger partial charge < -0.3 is 10.4 Å². The largest absolute Gasteiger partial charge is 0.508 e. The first-order chi connectivity index (χ1) is 15.9. The summed E-state index contributed by atoms with van der Waals surface area (Å²) in [5, 5.41) is 13.2. The van der Waals surface area contributed by atoms with E-state index in [1.807, 2.05) is 18.2 Å². The fourth-order valence-corrected chi connectivity index (χ4v) is 3.20. The van der Waals surface area contributed by atoms with Gasteiger partial charge in [-0.3, -0.25) is 19.8 Å². The van der Waals surface area contributed by atoms with Gasteiger partial charge in [0.15, 0.2) is 5.84 Å². The molecule has 1 aliphatic rings. The number of nitrogens with one attached hydrogen (secondary N) is 2. The first-order valence-corrected chi connectivity index (χ1v) is 10.1. The second-order valence-corrected chi connectivity index (χ2v) is 7.26. The maximum atomic E-state index is 13.1. The lowest BCUT2D eigenvalue weighted by molar-refractivity contribution is -0.124. The Morgan fingerprint density at radius 1 is 0.939 bits per heavy atom. The molecule has 3 N–H and O–H groups in total. The fourth-order valence-electron chi connectivity index (χ4n) is 3.20. The van der Waals surface area contributed by atoms with Gasteiger partial charge in [-0.25, -0.2) is 4.99 Å². The van der Waals surface area contributed by atoms with Crippen molar-refractivity contribution in [3.8, 4) is 5.75 Å². The molecule has 0 saturated heterocycles. The van der Waals surface area contributed by atoms with Crippen molar-refractivity contribution in [3.63, 3.8) is 0 Å². The van der Waals surface area contributed by atoms with Gasteiger partial charge >= 0.3 is 0 Å². The third-order valence-corrected chi connectivity index (χ3v) is 4.77. The predicted octanol–water partition coefficient (Wildman–Crippen LogP) is 3.33. The SMILES string of the molecule is CC(=O)Nc1ccc(C(=O)NN2C(=O)/C(=C/c3ccc(O)cc3)N=C2c2ccccc2)cc1. The molecule has 0 bridgehead atoms. The minimum Gasteiger partial charge on any atom is -0.508 e. The van der Waals surface area contributed by atoms with Crippen LogP contribution in [0, 0.1) is 0 Å². The van der Waals surface area contributed by atoms with Gasteiger partial charge in [-0.15, -0.1) is 0 Å². The van der Waals surface area contributed by atoms with Crippen molar-refractivity contribution in [1.29, 1.82) is 0 Å². The van der Waals surface area contributed by atoms with Crippen molar-refractivity contribution in [2.24, 2.45) is 4.99 Å². The van der Waals surface area contributed by atoms with Crippen molar-refractivity contribution < 1.29 is 19.5 Å².